The number of thiol groups is 1. The fourth-order valence-electron chi connectivity index (χ4n) is 0.601. The molecule has 0 N–H and O–H groups in total. The van der Waals surface area contributed by atoms with E-state index in [1.165, 1.54) is 0 Å². The van der Waals surface area contributed by atoms with Crippen molar-refractivity contribution >= 4 is 24.4 Å². The maximum Gasteiger partial charge on any atom is 0.114 e. The summed E-state index contributed by atoms with van der Waals surface area (Å²) in [5.41, 5.74) is 0. The molecule has 1 rings (SSSR count). The lowest BCUT2D eigenvalue weighted by Crippen LogP contribution is -1.84. The van der Waals surface area contributed by atoms with Crippen LogP contribution >= 0.6 is 24.4 Å². The number of hydrogen-bond donors (Lipinski definition) is 1. The van der Waals surface area contributed by atoms with E-state index in [1.807, 2.05) is 0 Å². The van der Waals surface area contributed by atoms with E-state index in [2.05, 4.69) is 22.6 Å². The van der Waals surface area contributed by atoms with Crippen LogP contribution in [0.4, 0.5) is 0 Å². The summed E-state index contributed by atoms with van der Waals surface area (Å²) in [6, 6.07) is 0. The molecule has 4 heteroatoms. The van der Waals surface area contributed by atoms with Gasteiger partial charge in [0.1, 0.15) is 5.03 Å². The van der Waals surface area contributed by atoms with E-state index in [4.69, 9.17) is 0 Å². The molecule has 0 aliphatic rings. The van der Waals surface area contributed by atoms with Gasteiger partial charge in [0.15, 0.2) is 0 Å². The Labute approximate surface area is 76.2 Å². The number of aromatic nitrogens is 2. The maximum absolute atomic E-state index is 4.13. The SMILES string of the molecule is SCCCSc1cnccn1. The minimum Gasteiger partial charge on any atom is -0.260 e. The quantitative estimate of drug-likeness (QED) is 0.442. The molecule has 1 aromatic rings. The Bertz CT molecular complexity index is 191. The zero-order chi connectivity index (χ0) is 7.94. The second-order valence-electron chi connectivity index (χ2n) is 1.97. The van der Waals surface area contributed by atoms with Crippen LogP contribution in [0, 0.1) is 0 Å². The zero-order valence-corrected chi connectivity index (χ0v) is 7.81. The Morgan fingerprint density at radius 2 is 2.36 bits per heavy atom. The summed E-state index contributed by atoms with van der Waals surface area (Å²) in [5, 5.41) is 0.995. The van der Waals surface area contributed by atoms with Gasteiger partial charge in [0.05, 0.1) is 6.20 Å². The van der Waals surface area contributed by atoms with Gasteiger partial charge in [-0.15, -0.1) is 11.8 Å². The van der Waals surface area contributed by atoms with Crippen LogP contribution < -0.4 is 0 Å². The van der Waals surface area contributed by atoms with Gasteiger partial charge < -0.3 is 0 Å². The largest absolute Gasteiger partial charge is 0.260 e. The molecule has 0 amide bonds. The molecule has 0 unspecified atom stereocenters. The highest BCUT2D eigenvalue weighted by Gasteiger charge is 1.92. The minimum atomic E-state index is 0.938. The molecule has 0 aliphatic heterocycles. The second-order valence-corrected chi connectivity index (χ2v) is 3.53. The van der Waals surface area contributed by atoms with Crippen molar-refractivity contribution in [2.24, 2.45) is 0 Å². The summed E-state index contributed by atoms with van der Waals surface area (Å²) in [5.74, 6) is 2.01. The molecule has 0 saturated carbocycles. The van der Waals surface area contributed by atoms with Gasteiger partial charge in [-0.25, -0.2) is 4.98 Å². The molecule has 1 heterocycles. The van der Waals surface area contributed by atoms with Crippen molar-refractivity contribution in [3.8, 4) is 0 Å². The minimum absolute atomic E-state index is 0.938. The lowest BCUT2D eigenvalue weighted by Gasteiger charge is -1.96. The van der Waals surface area contributed by atoms with Crippen molar-refractivity contribution in [3.63, 3.8) is 0 Å². The predicted octanol–water partition coefficient (Wildman–Crippen LogP) is 1.89. The molecular weight excluding hydrogens is 176 g/mol. The molecule has 60 valence electrons. The molecule has 1 aromatic heterocycles. The van der Waals surface area contributed by atoms with Gasteiger partial charge in [0, 0.05) is 18.1 Å². The first-order valence-corrected chi connectivity index (χ1v) is 5.05. The Kier molecular flexibility index (Phi) is 4.38. The van der Waals surface area contributed by atoms with Gasteiger partial charge >= 0.3 is 0 Å². The summed E-state index contributed by atoms with van der Waals surface area (Å²) in [6.07, 6.45) is 6.29. The standard InChI is InChI=1S/C7H10N2S2/c10-4-1-5-11-7-6-8-2-3-9-7/h2-3,6,10H,1,4-5H2. The highest BCUT2D eigenvalue weighted by atomic mass is 32.2. The van der Waals surface area contributed by atoms with Crippen LogP contribution in [0.3, 0.4) is 0 Å². The van der Waals surface area contributed by atoms with Crippen molar-refractivity contribution in [1.29, 1.82) is 0 Å². The molecule has 0 saturated heterocycles. The number of thioether (sulfide) groups is 1. The molecule has 0 radical (unpaired) electrons. The Hall–Kier alpha value is -0.220. The number of nitrogens with zero attached hydrogens (tertiary/aromatic N) is 2. The van der Waals surface area contributed by atoms with Crippen molar-refractivity contribution in [1.82, 2.24) is 9.97 Å². The van der Waals surface area contributed by atoms with E-state index in [0.29, 0.717) is 0 Å². The molecule has 0 fully saturated rings. The molecule has 0 aliphatic carbocycles. The third kappa shape index (κ3) is 3.62. The topological polar surface area (TPSA) is 25.8 Å². The normalized spacial score (nSPS) is 9.91. The molecule has 0 bridgehead atoms. The lowest BCUT2D eigenvalue weighted by atomic mass is 10.6. The monoisotopic (exact) mass is 186 g/mol. The first-order chi connectivity index (χ1) is 5.43. The van der Waals surface area contributed by atoms with Crippen molar-refractivity contribution in [2.45, 2.75) is 11.4 Å². The maximum atomic E-state index is 4.13. The summed E-state index contributed by atoms with van der Waals surface area (Å²) >= 11 is 5.84. The first-order valence-electron chi connectivity index (χ1n) is 3.43. The third-order valence-electron chi connectivity index (χ3n) is 1.09. The Morgan fingerprint density at radius 1 is 1.45 bits per heavy atom. The van der Waals surface area contributed by atoms with Crippen LogP contribution in [0.2, 0.25) is 0 Å². The van der Waals surface area contributed by atoms with Crippen LogP contribution in [0.15, 0.2) is 23.6 Å². The van der Waals surface area contributed by atoms with E-state index in [0.717, 1.165) is 23.0 Å². The molecule has 11 heavy (non-hydrogen) atoms. The van der Waals surface area contributed by atoms with Crippen LogP contribution in [-0.2, 0) is 0 Å². The van der Waals surface area contributed by atoms with Crippen molar-refractivity contribution in [2.75, 3.05) is 11.5 Å². The van der Waals surface area contributed by atoms with E-state index >= 15 is 0 Å². The van der Waals surface area contributed by atoms with E-state index in [1.54, 1.807) is 30.4 Å². The fraction of sp³-hybridized carbons (Fsp3) is 0.429. The van der Waals surface area contributed by atoms with Crippen LogP contribution in [-0.4, -0.2) is 21.5 Å². The van der Waals surface area contributed by atoms with Crippen LogP contribution in [0.5, 0.6) is 0 Å². The van der Waals surface area contributed by atoms with Crippen molar-refractivity contribution in [3.05, 3.63) is 18.6 Å². The third-order valence-corrected chi connectivity index (χ3v) is 2.41. The van der Waals surface area contributed by atoms with Gasteiger partial charge in [-0.1, -0.05) is 0 Å². The zero-order valence-electron chi connectivity index (χ0n) is 6.10. The fourth-order valence-corrected chi connectivity index (χ4v) is 1.74. The average molecular weight is 186 g/mol. The number of hydrogen-bond acceptors (Lipinski definition) is 4. The molecule has 0 spiro atoms. The smallest absolute Gasteiger partial charge is 0.114 e. The average Bonchev–Trinajstić information content (AvgIpc) is 2.07. The number of rotatable bonds is 4. The van der Waals surface area contributed by atoms with E-state index < -0.39 is 0 Å². The van der Waals surface area contributed by atoms with Crippen LogP contribution in [0.25, 0.3) is 0 Å². The Balaban J connectivity index is 2.28. The summed E-state index contributed by atoms with van der Waals surface area (Å²) in [6.45, 7) is 0. The lowest BCUT2D eigenvalue weighted by molar-refractivity contribution is 1.04. The summed E-state index contributed by atoms with van der Waals surface area (Å²) < 4.78 is 0. The highest BCUT2D eigenvalue weighted by Crippen LogP contribution is 2.13. The first kappa shape index (κ1) is 8.87. The van der Waals surface area contributed by atoms with Gasteiger partial charge in [-0.2, -0.15) is 12.6 Å². The van der Waals surface area contributed by atoms with Gasteiger partial charge in [0.25, 0.3) is 0 Å². The summed E-state index contributed by atoms with van der Waals surface area (Å²) in [7, 11) is 0. The van der Waals surface area contributed by atoms with Gasteiger partial charge in [-0.05, 0) is 12.2 Å². The van der Waals surface area contributed by atoms with Crippen LogP contribution in [0.1, 0.15) is 6.42 Å². The summed E-state index contributed by atoms with van der Waals surface area (Å²) in [4.78, 5) is 8.09. The van der Waals surface area contributed by atoms with E-state index in [-0.39, 0.29) is 0 Å². The molecule has 0 atom stereocenters. The molecule has 0 aromatic carbocycles. The van der Waals surface area contributed by atoms with Gasteiger partial charge in [0.2, 0.25) is 0 Å². The Morgan fingerprint density at radius 3 is 3.00 bits per heavy atom. The molecular formula is C7H10N2S2. The van der Waals surface area contributed by atoms with Crippen molar-refractivity contribution < 1.29 is 0 Å². The van der Waals surface area contributed by atoms with E-state index in [9.17, 15) is 0 Å². The molecule has 2 nitrogen and oxygen atoms in total. The predicted molar refractivity (Wildman–Crippen MR) is 51.2 cm³/mol. The highest BCUT2D eigenvalue weighted by molar-refractivity contribution is 7.99. The second kappa shape index (κ2) is 5.43. The van der Waals surface area contributed by atoms with Gasteiger partial charge in [-0.3, -0.25) is 4.98 Å².